The van der Waals surface area contributed by atoms with Gasteiger partial charge in [-0.05, 0) is 30.3 Å². The topological polar surface area (TPSA) is 44.8 Å². The van der Waals surface area contributed by atoms with E-state index in [1.807, 2.05) is 0 Å². The Morgan fingerprint density at radius 1 is 1.14 bits per heavy atom. The molecular formula is C16H14BrFO4. The molecule has 0 bridgehead atoms. The molecule has 22 heavy (non-hydrogen) atoms. The highest BCUT2D eigenvalue weighted by Crippen LogP contribution is 2.25. The van der Waals surface area contributed by atoms with Gasteiger partial charge in [0, 0.05) is 10.0 Å². The fourth-order valence-electron chi connectivity index (χ4n) is 1.83. The Bertz CT molecular complexity index is 688. The van der Waals surface area contributed by atoms with Crippen molar-refractivity contribution in [1.29, 1.82) is 0 Å². The number of carbonyl (C=O) groups excluding carboxylic acids is 1. The second-order valence-corrected chi connectivity index (χ2v) is 5.29. The maximum Gasteiger partial charge on any atom is 0.342 e. The second-order valence-electron chi connectivity index (χ2n) is 4.38. The van der Waals surface area contributed by atoms with Crippen LogP contribution in [0.4, 0.5) is 4.39 Å². The summed E-state index contributed by atoms with van der Waals surface area (Å²) in [5, 5.41) is 0. The first-order chi connectivity index (χ1) is 10.5. The standard InChI is InChI=1S/C16H14BrFO4/c1-20-12-5-6-15(21-2)13(8-12)16(19)22-9-10-3-4-11(17)7-14(10)18/h3-8H,9H2,1-2H3. The van der Waals surface area contributed by atoms with Gasteiger partial charge in [0.15, 0.2) is 0 Å². The lowest BCUT2D eigenvalue weighted by molar-refractivity contribution is 0.0465. The molecule has 0 aliphatic heterocycles. The van der Waals surface area contributed by atoms with E-state index in [9.17, 15) is 9.18 Å². The molecule has 116 valence electrons. The van der Waals surface area contributed by atoms with Gasteiger partial charge in [-0.1, -0.05) is 22.0 Å². The third-order valence-corrected chi connectivity index (χ3v) is 3.49. The molecule has 0 heterocycles. The molecular weight excluding hydrogens is 355 g/mol. The zero-order valence-electron chi connectivity index (χ0n) is 12.1. The van der Waals surface area contributed by atoms with Crippen molar-refractivity contribution in [2.75, 3.05) is 14.2 Å². The summed E-state index contributed by atoms with van der Waals surface area (Å²) >= 11 is 3.17. The molecule has 0 saturated heterocycles. The Labute approximate surface area is 135 Å². The van der Waals surface area contributed by atoms with Gasteiger partial charge in [-0.25, -0.2) is 9.18 Å². The Morgan fingerprint density at radius 3 is 2.55 bits per heavy atom. The van der Waals surface area contributed by atoms with E-state index in [0.717, 1.165) is 0 Å². The van der Waals surface area contributed by atoms with Crippen LogP contribution in [0.2, 0.25) is 0 Å². The summed E-state index contributed by atoms with van der Waals surface area (Å²) in [6.45, 7) is -0.168. The number of hydrogen-bond donors (Lipinski definition) is 0. The first-order valence-electron chi connectivity index (χ1n) is 6.38. The number of rotatable bonds is 5. The number of methoxy groups -OCH3 is 2. The van der Waals surface area contributed by atoms with Crippen molar-refractivity contribution in [1.82, 2.24) is 0 Å². The predicted molar refractivity (Wildman–Crippen MR) is 82.8 cm³/mol. The minimum atomic E-state index is -0.613. The lowest BCUT2D eigenvalue weighted by atomic mass is 10.2. The Kier molecular flexibility index (Phi) is 5.38. The quantitative estimate of drug-likeness (QED) is 0.749. The maximum absolute atomic E-state index is 13.7. The van der Waals surface area contributed by atoms with Gasteiger partial charge < -0.3 is 14.2 Å². The molecule has 0 N–H and O–H groups in total. The van der Waals surface area contributed by atoms with E-state index in [0.29, 0.717) is 21.5 Å². The van der Waals surface area contributed by atoms with E-state index in [4.69, 9.17) is 14.2 Å². The molecule has 0 unspecified atom stereocenters. The number of carbonyl (C=O) groups is 1. The molecule has 0 amide bonds. The average Bonchev–Trinajstić information content (AvgIpc) is 2.53. The summed E-state index contributed by atoms with van der Waals surface area (Å²) in [5.41, 5.74) is 0.512. The van der Waals surface area contributed by atoms with Crippen LogP contribution in [0, 0.1) is 5.82 Å². The third kappa shape index (κ3) is 3.76. The molecule has 0 aromatic heterocycles. The van der Waals surface area contributed by atoms with Gasteiger partial charge in [0.05, 0.1) is 14.2 Å². The van der Waals surface area contributed by atoms with E-state index in [1.165, 1.54) is 26.4 Å². The average molecular weight is 369 g/mol. The van der Waals surface area contributed by atoms with Crippen LogP contribution >= 0.6 is 15.9 Å². The van der Waals surface area contributed by atoms with Crippen LogP contribution in [0.15, 0.2) is 40.9 Å². The van der Waals surface area contributed by atoms with Gasteiger partial charge in [-0.15, -0.1) is 0 Å². The van der Waals surface area contributed by atoms with E-state index in [-0.39, 0.29) is 12.2 Å². The predicted octanol–water partition coefficient (Wildman–Crippen LogP) is 3.96. The van der Waals surface area contributed by atoms with Gasteiger partial charge in [0.1, 0.15) is 29.5 Å². The summed E-state index contributed by atoms with van der Waals surface area (Å²) in [4.78, 5) is 12.2. The molecule has 0 aliphatic rings. The highest BCUT2D eigenvalue weighted by molar-refractivity contribution is 9.10. The first kappa shape index (κ1) is 16.3. The van der Waals surface area contributed by atoms with Gasteiger partial charge in [-0.2, -0.15) is 0 Å². The van der Waals surface area contributed by atoms with Crippen molar-refractivity contribution in [3.05, 3.63) is 57.8 Å². The minimum absolute atomic E-state index is 0.168. The van der Waals surface area contributed by atoms with Crippen molar-refractivity contribution >= 4 is 21.9 Å². The molecule has 2 aromatic rings. The summed E-state index contributed by atoms with van der Waals surface area (Å²) in [6.07, 6.45) is 0. The van der Waals surface area contributed by atoms with Gasteiger partial charge >= 0.3 is 5.97 Å². The lowest BCUT2D eigenvalue weighted by Gasteiger charge is -2.11. The van der Waals surface area contributed by atoms with Crippen LogP contribution in [0.3, 0.4) is 0 Å². The van der Waals surface area contributed by atoms with Crippen molar-refractivity contribution in [2.24, 2.45) is 0 Å². The van der Waals surface area contributed by atoms with E-state index in [1.54, 1.807) is 24.3 Å². The van der Waals surface area contributed by atoms with Crippen LogP contribution < -0.4 is 9.47 Å². The SMILES string of the molecule is COc1ccc(OC)c(C(=O)OCc2ccc(Br)cc2F)c1. The fourth-order valence-corrected chi connectivity index (χ4v) is 2.17. The van der Waals surface area contributed by atoms with Crippen LogP contribution in [-0.4, -0.2) is 20.2 Å². The zero-order chi connectivity index (χ0) is 16.1. The number of ether oxygens (including phenoxy) is 3. The normalized spacial score (nSPS) is 10.2. The number of esters is 1. The smallest absolute Gasteiger partial charge is 0.342 e. The Balaban J connectivity index is 2.15. The third-order valence-electron chi connectivity index (χ3n) is 3.00. The molecule has 2 aromatic carbocycles. The van der Waals surface area contributed by atoms with Crippen LogP contribution in [0.5, 0.6) is 11.5 Å². The van der Waals surface area contributed by atoms with E-state index in [2.05, 4.69) is 15.9 Å². The Morgan fingerprint density at radius 2 is 1.91 bits per heavy atom. The van der Waals surface area contributed by atoms with Gasteiger partial charge in [0.2, 0.25) is 0 Å². The fraction of sp³-hybridized carbons (Fsp3) is 0.188. The van der Waals surface area contributed by atoms with Crippen LogP contribution in [0.1, 0.15) is 15.9 Å². The van der Waals surface area contributed by atoms with Crippen molar-refractivity contribution < 1.29 is 23.4 Å². The number of benzene rings is 2. The molecule has 0 saturated carbocycles. The molecule has 0 atom stereocenters. The largest absolute Gasteiger partial charge is 0.497 e. The molecule has 0 radical (unpaired) electrons. The van der Waals surface area contributed by atoms with Crippen molar-refractivity contribution in [3.63, 3.8) is 0 Å². The highest BCUT2D eigenvalue weighted by Gasteiger charge is 2.16. The number of halogens is 2. The first-order valence-corrected chi connectivity index (χ1v) is 7.17. The van der Waals surface area contributed by atoms with E-state index < -0.39 is 11.8 Å². The summed E-state index contributed by atoms with van der Waals surface area (Å²) < 4.78 is 29.7. The van der Waals surface area contributed by atoms with Crippen molar-refractivity contribution in [3.8, 4) is 11.5 Å². The van der Waals surface area contributed by atoms with Gasteiger partial charge in [0.25, 0.3) is 0 Å². The lowest BCUT2D eigenvalue weighted by Crippen LogP contribution is -2.08. The molecule has 2 rings (SSSR count). The van der Waals surface area contributed by atoms with Crippen LogP contribution in [0.25, 0.3) is 0 Å². The van der Waals surface area contributed by atoms with E-state index >= 15 is 0 Å². The Hall–Kier alpha value is -2.08. The summed E-state index contributed by atoms with van der Waals surface area (Å²) in [7, 11) is 2.95. The molecule has 0 spiro atoms. The highest BCUT2D eigenvalue weighted by atomic mass is 79.9. The molecule has 0 fully saturated rings. The molecule has 0 aliphatic carbocycles. The van der Waals surface area contributed by atoms with Gasteiger partial charge in [-0.3, -0.25) is 0 Å². The summed E-state index contributed by atoms with van der Waals surface area (Å²) in [6, 6.07) is 9.34. The molecule has 6 heteroatoms. The second kappa shape index (κ2) is 7.26. The summed E-state index contributed by atoms with van der Waals surface area (Å²) in [5.74, 6) is -0.192. The maximum atomic E-state index is 13.7. The molecule has 4 nitrogen and oxygen atoms in total. The van der Waals surface area contributed by atoms with Crippen LogP contribution in [-0.2, 0) is 11.3 Å². The zero-order valence-corrected chi connectivity index (χ0v) is 13.6. The minimum Gasteiger partial charge on any atom is -0.497 e. The number of hydrogen-bond acceptors (Lipinski definition) is 4. The monoisotopic (exact) mass is 368 g/mol. The van der Waals surface area contributed by atoms with Crippen molar-refractivity contribution in [2.45, 2.75) is 6.61 Å².